The summed E-state index contributed by atoms with van der Waals surface area (Å²) < 4.78 is 75.2. The van der Waals surface area contributed by atoms with Gasteiger partial charge in [0.25, 0.3) is 5.91 Å². The molecule has 3 aliphatic heterocycles. The number of carbonyl (C=O) groups excluding carboxylic acids is 7. The maximum atomic E-state index is 14.3. The second-order valence-electron chi connectivity index (χ2n) is 16.1. The first-order chi connectivity index (χ1) is 36.6. The van der Waals surface area contributed by atoms with Gasteiger partial charge in [-0.15, -0.1) is 0 Å². The molecule has 2 unspecified atom stereocenters. The predicted molar refractivity (Wildman–Crippen MR) is 256 cm³/mol. The average Bonchev–Trinajstić information content (AvgIpc) is 3.50. The summed E-state index contributed by atoms with van der Waals surface area (Å²) in [6.45, 7) is 11.0. The van der Waals surface area contributed by atoms with Crippen molar-refractivity contribution in [3.05, 3.63) is 102 Å². The molecule has 0 spiro atoms. The van der Waals surface area contributed by atoms with Crippen molar-refractivity contribution in [2.75, 3.05) is 65.3 Å². The van der Waals surface area contributed by atoms with Gasteiger partial charge in [0.2, 0.25) is 12.4 Å². The van der Waals surface area contributed by atoms with Gasteiger partial charge in [0.05, 0.1) is 43.0 Å². The Balaban J connectivity index is 1.50. The summed E-state index contributed by atoms with van der Waals surface area (Å²) in [6.07, 6.45) is -11.7. The number of nitrogens with zero attached hydrogens (tertiary/aromatic N) is 3. The van der Waals surface area contributed by atoms with E-state index in [1.54, 1.807) is 0 Å². The van der Waals surface area contributed by atoms with Crippen LogP contribution in [-0.4, -0.2) is 161 Å². The minimum absolute atomic E-state index is 0.00992. The summed E-state index contributed by atoms with van der Waals surface area (Å²) in [5.74, 6) is -1.42. The molecule has 0 aliphatic carbocycles. The highest BCUT2D eigenvalue weighted by Gasteiger charge is 2.55. The van der Waals surface area contributed by atoms with E-state index >= 15 is 0 Å². The Morgan fingerprint density at radius 2 is 1.39 bits per heavy atom. The third kappa shape index (κ3) is 15.5. The number of ether oxygens (including phenoxy) is 14. The van der Waals surface area contributed by atoms with Crippen molar-refractivity contribution in [3.8, 4) is 17.2 Å². The number of hydrogen-bond donors (Lipinski definition) is 1. The largest absolute Gasteiger partial charge is 0.509 e. The molecule has 0 bridgehead atoms. The lowest BCUT2D eigenvalue weighted by Crippen LogP contribution is -2.64. The lowest BCUT2D eigenvalue weighted by atomic mass is 9.98. The fourth-order valence-electron chi connectivity index (χ4n) is 7.77. The average molecular weight is 1070 g/mol. The number of nitro groups is 1. The standard InChI is InChI=1S/C49H57N3O24/c1-7-19-66-46(57)71-28-37-39(74-47(58)67-20-8-2)40(75-48(59)68-21-9-3)41(76-49(60)69-22-10-4)44(73-37)72-34-17-16-29(24-33(34)52(61)62)27-70-45(56)51-32-26-36(65-23-13-15-38(53)64-6)35(63-5)25-30(32)42(54)50-18-12-11-14-31(50)43(51)55/h7-10,16-17,24-26,31,37,39-41,43-44,55H,1-4,11-15,18-23,27-28H2,5-6H3/t31?,37-,39-,40+,41-,43?,44-/m1/s1. The van der Waals surface area contributed by atoms with Crippen LogP contribution in [0.1, 0.15) is 48.0 Å². The molecule has 2 saturated heterocycles. The molecule has 3 heterocycles. The van der Waals surface area contributed by atoms with Gasteiger partial charge >= 0.3 is 42.4 Å². The maximum Gasteiger partial charge on any atom is 0.509 e. The third-order valence-corrected chi connectivity index (χ3v) is 11.2. The molecule has 76 heavy (non-hydrogen) atoms. The van der Waals surface area contributed by atoms with Gasteiger partial charge in [-0.2, -0.15) is 0 Å². The Bertz CT molecular complexity index is 2460. The van der Waals surface area contributed by atoms with Gasteiger partial charge in [0.15, 0.2) is 35.7 Å². The first-order valence-electron chi connectivity index (χ1n) is 23.3. The zero-order valence-electron chi connectivity index (χ0n) is 41.4. The minimum Gasteiger partial charge on any atom is -0.493 e. The highest BCUT2D eigenvalue weighted by atomic mass is 16.8. The molecule has 5 rings (SSSR count). The number of carbonyl (C=O) groups is 7. The second kappa shape index (κ2) is 28.8. The van der Waals surface area contributed by atoms with Crippen LogP contribution in [0.15, 0.2) is 81.0 Å². The first-order valence-corrected chi connectivity index (χ1v) is 23.3. The van der Waals surface area contributed by atoms with Gasteiger partial charge in [-0.25, -0.2) is 28.9 Å². The number of esters is 1. The van der Waals surface area contributed by atoms with Gasteiger partial charge in [-0.05, 0) is 43.4 Å². The monoisotopic (exact) mass is 1070 g/mol. The Morgan fingerprint density at radius 3 is 2.00 bits per heavy atom. The molecule has 2 aromatic rings. The number of methoxy groups -OCH3 is 2. The van der Waals surface area contributed by atoms with Crippen LogP contribution in [0.3, 0.4) is 0 Å². The molecule has 0 aromatic heterocycles. The Labute approximate surface area is 434 Å². The molecule has 7 atom stereocenters. The Kier molecular flexibility index (Phi) is 22.1. The molecule has 412 valence electrons. The van der Waals surface area contributed by atoms with Crippen molar-refractivity contribution in [2.45, 2.75) is 81.7 Å². The van der Waals surface area contributed by atoms with Gasteiger partial charge in [-0.3, -0.25) is 19.7 Å². The fourth-order valence-corrected chi connectivity index (χ4v) is 7.77. The van der Waals surface area contributed by atoms with Crippen LogP contribution in [0, 0.1) is 10.1 Å². The van der Waals surface area contributed by atoms with E-state index in [1.807, 2.05) is 0 Å². The lowest BCUT2D eigenvalue weighted by Gasteiger charge is -2.43. The van der Waals surface area contributed by atoms with Crippen LogP contribution in [0.2, 0.25) is 0 Å². The number of hydrogen-bond acceptors (Lipinski definition) is 24. The normalized spacial score (nSPS) is 20.5. The molecule has 0 saturated carbocycles. The summed E-state index contributed by atoms with van der Waals surface area (Å²) in [4.78, 5) is 106. The van der Waals surface area contributed by atoms with E-state index in [0.717, 1.165) is 17.0 Å². The van der Waals surface area contributed by atoms with Crippen molar-refractivity contribution < 1.29 is 110 Å². The number of aliphatic hydroxyl groups excluding tert-OH is 1. The number of rotatable bonds is 24. The summed E-state index contributed by atoms with van der Waals surface area (Å²) in [7, 11) is 2.58. The summed E-state index contributed by atoms with van der Waals surface area (Å²) in [5.41, 5.74) is -0.984. The van der Waals surface area contributed by atoms with Crippen LogP contribution in [0.5, 0.6) is 17.2 Å². The SMILES string of the molecule is C=CCOC(=O)OC[C@H]1O[C@@H](Oc2ccc(COC(=O)N3c4cc(OCCCC(=O)OC)c(OC)cc4C(=O)N4CCCCC4C3O)cc2[N+](=O)[O-])[C@H](OC(=O)OCC=C)[C@@H](OC(=O)OCC=C)[C@@H]1OC(=O)OCC=C. The maximum absolute atomic E-state index is 14.3. The zero-order chi connectivity index (χ0) is 55.3. The number of fused-ring (bicyclic) bond motifs is 2. The van der Waals surface area contributed by atoms with E-state index in [4.69, 9.17) is 61.6 Å². The molecule has 3 aliphatic rings. The number of anilines is 1. The predicted octanol–water partition coefficient (Wildman–Crippen LogP) is 5.97. The summed E-state index contributed by atoms with van der Waals surface area (Å²) >= 11 is 0. The molecular formula is C49H57N3O24. The van der Waals surface area contributed by atoms with Crippen molar-refractivity contribution in [3.63, 3.8) is 0 Å². The van der Waals surface area contributed by atoms with Crippen molar-refractivity contribution in [1.29, 1.82) is 0 Å². The molecule has 27 heteroatoms. The van der Waals surface area contributed by atoms with E-state index in [2.05, 4.69) is 31.1 Å². The molecule has 0 radical (unpaired) electrons. The van der Waals surface area contributed by atoms with Crippen LogP contribution in [-0.2, 0) is 63.5 Å². The van der Waals surface area contributed by atoms with Crippen LogP contribution >= 0.6 is 0 Å². The van der Waals surface area contributed by atoms with Crippen molar-refractivity contribution in [1.82, 2.24) is 4.90 Å². The third-order valence-electron chi connectivity index (χ3n) is 11.2. The fraction of sp³-hybridized carbons (Fsp3) is 0.449. The molecular weight excluding hydrogens is 1010 g/mol. The lowest BCUT2D eigenvalue weighted by molar-refractivity contribution is -0.387. The van der Waals surface area contributed by atoms with E-state index < -0.39 is 128 Å². The number of nitro benzene ring substituents is 1. The van der Waals surface area contributed by atoms with Gasteiger partial charge in [0.1, 0.15) is 45.7 Å². The zero-order valence-corrected chi connectivity index (χ0v) is 41.4. The summed E-state index contributed by atoms with van der Waals surface area (Å²) in [6, 6.07) is 5.03. The number of amides is 2. The minimum atomic E-state index is -2.09. The molecule has 27 nitrogen and oxygen atoms in total. The Hall–Kier alpha value is -8.59. The van der Waals surface area contributed by atoms with E-state index in [-0.39, 0.29) is 67.5 Å². The van der Waals surface area contributed by atoms with Crippen molar-refractivity contribution in [2.24, 2.45) is 0 Å². The van der Waals surface area contributed by atoms with Crippen LogP contribution in [0.4, 0.5) is 35.3 Å². The topological polar surface area (TPSA) is 319 Å². The smallest absolute Gasteiger partial charge is 0.493 e. The molecule has 2 aromatic carbocycles. The summed E-state index contributed by atoms with van der Waals surface area (Å²) in [5, 5.41) is 24.7. The highest BCUT2D eigenvalue weighted by molar-refractivity contribution is 6.06. The molecule has 1 N–H and O–H groups in total. The number of piperidine rings is 1. The van der Waals surface area contributed by atoms with Crippen LogP contribution < -0.4 is 19.1 Å². The second-order valence-corrected chi connectivity index (χ2v) is 16.1. The van der Waals surface area contributed by atoms with E-state index in [9.17, 15) is 48.8 Å². The quantitative estimate of drug-likeness (QED) is 0.0316. The van der Waals surface area contributed by atoms with Crippen molar-refractivity contribution >= 4 is 54.0 Å². The number of aliphatic hydroxyl groups is 1. The molecule has 2 fully saturated rings. The van der Waals surface area contributed by atoms with E-state index in [0.29, 0.717) is 19.3 Å². The van der Waals surface area contributed by atoms with Crippen LogP contribution in [0.25, 0.3) is 0 Å². The molecule has 2 amide bonds. The van der Waals surface area contributed by atoms with Gasteiger partial charge < -0.3 is 76.3 Å². The number of benzene rings is 2. The Morgan fingerprint density at radius 1 is 0.776 bits per heavy atom. The van der Waals surface area contributed by atoms with E-state index in [1.165, 1.54) is 61.6 Å². The first kappa shape index (κ1) is 58.3. The van der Waals surface area contributed by atoms with Gasteiger partial charge in [0, 0.05) is 25.1 Å². The highest BCUT2D eigenvalue weighted by Crippen LogP contribution is 2.42. The van der Waals surface area contributed by atoms with Gasteiger partial charge in [-0.1, -0.05) is 56.7 Å².